The first-order chi connectivity index (χ1) is 13.8. The Morgan fingerprint density at radius 1 is 1.14 bits per heavy atom. The van der Waals surface area contributed by atoms with Crippen molar-refractivity contribution in [3.05, 3.63) is 70.5 Å². The minimum absolute atomic E-state index is 0.125. The van der Waals surface area contributed by atoms with E-state index in [1.165, 1.54) is 18.2 Å². The van der Waals surface area contributed by atoms with Crippen LogP contribution in [0.15, 0.2) is 41.8 Å². The van der Waals surface area contributed by atoms with Gasteiger partial charge < -0.3 is 10.1 Å². The summed E-state index contributed by atoms with van der Waals surface area (Å²) >= 11 is 1.15. The third-order valence-corrected chi connectivity index (χ3v) is 4.90. The van der Waals surface area contributed by atoms with E-state index in [-0.39, 0.29) is 35.1 Å². The zero-order valence-electron chi connectivity index (χ0n) is 15.8. The van der Waals surface area contributed by atoms with Gasteiger partial charge in [0.05, 0.1) is 5.56 Å². The molecule has 0 aliphatic heterocycles. The van der Waals surface area contributed by atoms with E-state index in [1.807, 2.05) is 13.8 Å². The largest absolute Gasteiger partial charge is 0.489 e. The predicted octanol–water partition coefficient (Wildman–Crippen LogP) is 5.19. The summed E-state index contributed by atoms with van der Waals surface area (Å²) < 4.78 is 47.1. The Labute approximate surface area is 170 Å². The van der Waals surface area contributed by atoms with Gasteiger partial charge in [0, 0.05) is 23.6 Å². The first-order valence-corrected chi connectivity index (χ1v) is 9.82. The number of nitrogens with one attached hydrogen (secondary N) is 1. The molecular formula is C21H19F3N2O2S. The van der Waals surface area contributed by atoms with Gasteiger partial charge >= 0.3 is 0 Å². The Kier molecular flexibility index (Phi) is 6.53. The van der Waals surface area contributed by atoms with E-state index in [9.17, 15) is 18.0 Å². The van der Waals surface area contributed by atoms with Gasteiger partial charge in [-0.2, -0.15) is 0 Å². The molecule has 0 bridgehead atoms. The van der Waals surface area contributed by atoms with E-state index < -0.39 is 17.5 Å². The van der Waals surface area contributed by atoms with Crippen LogP contribution in [0.25, 0.3) is 10.6 Å². The van der Waals surface area contributed by atoms with Crippen molar-refractivity contribution in [3.63, 3.8) is 0 Å². The molecule has 0 saturated heterocycles. The Hall–Kier alpha value is -2.87. The number of hydrogen-bond donors (Lipinski definition) is 1. The molecule has 3 rings (SSSR count). The number of carbonyl (C=O) groups is 1. The molecule has 29 heavy (non-hydrogen) atoms. The van der Waals surface area contributed by atoms with Crippen LogP contribution in [0.4, 0.5) is 13.2 Å². The Morgan fingerprint density at radius 3 is 2.52 bits per heavy atom. The summed E-state index contributed by atoms with van der Waals surface area (Å²) in [6, 6.07) is 7.57. The highest BCUT2D eigenvalue weighted by atomic mass is 32.1. The van der Waals surface area contributed by atoms with Gasteiger partial charge in [0.2, 0.25) is 0 Å². The quantitative estimate of drug-likeness (QED) is 0.572. The van der Waals surface area contributed by atoms with Crippen LogP contribution in [0, 0.1) is 23.4 Å². The van der Waals surface area contributed by atoms with Gasteiger partial charge in [0.1, 0.15) is 40.5 Å². The maximum absolute atomic E-state index is 14.5. The van der Waals surface area contributed by atoms with E-state index in [4.69, 9.17) is 4.74 Å². The fourth-order valence-corrected chi connectivity index (χ4v) is 3.30. The molecule has 3 aromatic rings. The van der Waals surface area contributed by atoms with Gasteiger partial charge in [-0.15, -0.1) is 11.3 Å². The lowest BCUT2D eigenvalue weighted by atomic mass is 10.2. The second-order valence-corrected chi connectivity index (χ2v) is 7.63. The van der Waals surface area contributed by atoms with Gasteiger partial charge in [-0.05, 0) is 30.2 Å². The van der Waals surface area contributed by atoms with Crippen LogP contribution in [0.3, 0.4) is 0 Å². The summed E-state index contributed by atoms with van der Waals surface area (Å²) in [6.45, 7) is 4.11. The fraction of sp³-hybridized carbons (Fsp3) is 0.238. The van der Waals surface area contributed by atoms with E-state index in [1.54, 1.807) is 5.38 Å². The van der Waals surface area contributed by atoms with Gasteiger partial charge in [0.15, 0.2) is 0 Å². The number of hydrogen-bond acceptors (Lipinski definition) is 4. The first kappa shape index (κ1) is 20.9. The molecule has 1 heterocycles. The van der Waals surface area contributed by atoms with Crippen molar-refractivity contribution in [2.75, 3.05) is 6.54 Å². The number of ether oxygens (including phenoxy) is 1. The van der Waals surface area contributed by atoms with E-state index in [0.29, 0.717) is 17.5 Å². The standard InChI is InChI=1S/C21H19F3N2O2S/c1-12(2)9-25-20(27)19-11-29-21(26-19)14-7-6-13(8-18(14)24)28-10-15-16(22)4-3-5-17(15)23/h3-8,11-12H,9-10H2,1-2H3,(H,25,27). The van der Waals surface area contributed by atoms with Crippen molar-refractivity contribution in [1.82, 2.24) is 10.3 Å². The van der Waals surface area contributed by atoms with Crippen LogP contribution in [-0.4, -0.2) is 17.4 Å². The summed E-state index contributed by atoms with van der Waals surface area (Å²) in [4.78, 5) is 16.3. The third-order valence-electron chi connectivity index (χ3n) is 4.02. The van der Waals surface area contributed by atoms with Crippen LogP contribution >= 0.6 is 11.3 Å². The minimum atomic E-state index is -0.729. The highest BCUT2D eigenvalue weighted by Gasteiger charge is 2.16. The highest BCUT2D eigenvalue weighted by Crippen LogP contribution is 2.29. The maximum atomic E-state index is 14.5. The number of amides is 1. The SMILES string of the molecule is CC(C)CNC(=O)c1csc(-c2ccc(OCc3c(F)cccc3F)cc2F)n1. The molecule has 0 fully saturated rings. The molecule has 0 saturated carbocycles. The lowest BCUT2D eigenvalue weighted by molar-refractivity contribution is 0.0945. The monoisotopic (exact) mass is 420 g/mol. The first-order valence-electron chi connectivity index (χ1n) is 8.94. The smallest absolute Gasteiger partial charge is 0.270 e. The van der Waals surface area contributed by atoms with Crippen molar-refractivity contribution in [2.45, 2.75) is 20.5 Å². The molecule has 1 amide bonds. The van der Waals surface area contributed by atoms with Gasteiger partial charge in [-0.1, -0.05) is 19.9 Å². The van der Waals surface area contributed by atoms with Crippen molar-refractivity contribution in [1.29, 1.82) is 0 Å². The molecule has 0 aliphatic rings. The zero-order chi connectivity index (χ0) is 21.0. The predicted molar refractivity (Wildman–Crippen MR) is 105 cm³/mol. The second-order valence-electron chi connectivity index (χ2n) is 6.77. The number of aromatic nitrogens is 1. The average molecular weight is 420 g/mol. The lowest BCUT2D eigenvalue weighted by Crippen LogP contribution is -2.27. The summed E-state index contributed by atoms with van der Waals surface area (Å²) in [7, 11) is 0. The van der Waals surface area contributed by atoms with Crippen molar-refractivity contribution in [3.8, 4) is 16.3 Å². The molecule has 0 atom stereocenters. The molecular weight excluding hydrogens is 401 g/mol. The van der Waals surface area contributed by atoms with Crippen LogP contribution in [0.1, 0.15) is 29.9 Å². The van der Waals surface area contributed by atoms with Crippen LogP contribution < -0.4 is 10.1 Å². The molecule has 4 nitrogen and oxygen atoms in total. The van der Waals surface area contributed by atoms with E-state index in [2.05, 4.69) is 10.3 Å². The minimum Gasteiger partial charge on any atom is -0.489 e. The summed E-state index contributed by atoms with van der Waals surface area (Å²) in [5.74, 6) is -1.95. The molecule has 2 aromatic carbocycles. The van der Waals surface area contributed by atoms with E-state index >= 15 is 0 Å². The van der Waals surface area contributed by atoms with Crippen LogP contribution in [-0.2, 0) is 6.61 Å². The van der Waals surface area contributed by atoms with Gasteiger partial charge in [0.25, 0.3) is 5.91 Å². The molecule has 152 valence electrons. The van der Waals surface area contributed by atoms with Gasteiger partial charge in [-0.25, -0.2) is 18.2 Å². The van der Waals surface area contributed by atoms with E-state index in [0.717, 1.165) is 29.5 Å². The molecule has 1 N–H and O–H groups in total. The topological polar surface area (TPSA) is 51.2 Å². The Morgan fingerprint density at radius 2 is 1.86 bits per heavy atom. The van der Waals surface area contributed by atoms with Gasteiger partial charge in [-0.3, -0.25) is 4.79 Å². The highest BCUT2D eigenvalue weighted by molar-refractivity contribution is 7.13. The summed E-state index contributed by atoms with van der Waals surface area (Å²) in [5.41, 5.74) is 0.205. The molecule has 0 unspecified atom stereocenters. The number of benzene rings is 2. The molecule has 8 heteroatoms. The molecule has 1 aromatic heterocycles. The fourth-order valence-electron chi connectivity index (χ4n) is 2.47. The molecule has 0 radical (unpaired) electrons. The number of thiazole rings is 1. The number of nitrogens with zero attached hydrogens (tertiary/aromatic N) is 1. The molecule has 0 spiro atoms. The Balaban J connectivity index is 1.71. The summed E-state index contributed by atoms with van der Waals surface area (Å²) in [5, 5.41) is 4.67. The summed E-state index contributed by atoms with van der Waals surface area (Å²) in [6.07, 6.45) is 0. The van der Waals surface area contributed by atoms with Crippen molar-refractivity contribution in [2.24, 2.45) is 5.92 Å². The third kappa shape index (κ3) is 5.14. The molecule has 0 aliphatic carbocycles. The maximum Gasteiger partial charge on any atom is 0.270 e. The second kappa shape index (κ2) is 9.09. The number of rotatable bonds is 7. The lowest BCUT2D eigenvalue weighted by Gasteiger charge is -2.09. The average Bonchev–Trinajstić information content (AvgIpc) is 3.15. The van der Waals surface area contributed by atoms with Crippen LogP contribution in [0.2, 0.25) is 0 Å². The van der Waals surface area contributed by atoms with Crippen LogP contribution in [0.5, 0.6) is 5.75 Å². The van der Waals surface area contributed by atoms with Crippen molar-refractivity contribution < 1.29 is 22.7 Å². The number of halogens is 3. The normalized spacial score (nSPS) is 11.0. The zero-order valence-corrected chi connectivity index (χ0v) is 16.7. The van der Waals surface area contributed by atoms with Crippen molar-refractivity contribution >= 4 is 17.2 Å². The number of carbonyl (C=O) groups excluding carboxylic acids is 1. The Bertz CT molecular complexity index is 1000.